The molecule has 138 valence electrons. The zero-order valence-corrected chi connectivity index (χ0v) is 15.7. The summed E-state index contributed by atoms with van der Waals surface area (Å²) in [6.45, 7) is 1.68. The van der Waals surface area contributed by atoms with Crippen molar-refractivity contribution in [3.8, 4) is 0 Å². The van der Waals surface area contributed by atoms with Crippen LogP contribution >= 0.6 is 24.0 Å². The van der Waals surface area contributed by atoms with Gasteiger partial charge in [-0.2, -0.15) is 0 Å². The van der Waals surface area contributed by atoms with Gasteiger partial charge in [0.25, 0.3) is 5.91 Å². The lowest BCUT2D eigenvalue weighted by Gasteiger charge is -2.32. The summed E-state index contributed by atoms with van der Waals surface area (Å²) < 4.78 is 0. The number of piperidine rings is 1. The number of likely N-dealkylation sites (tertiary alicyclic amines) is 1. The first kappa shape index (κ1) is 20.0. The Bertz CT molecular complexity index is 605. The van der Waals surface area contributed by atoms with E-state index in [1.807, 2.05) is 0 Å². The zero-order chi connectivity index (χ0) is 17.1. The van der Waals surface area contributed by atoms with Gasteiger partial charge in [-0.15, -0.1) is 12.4 Å². The Hall–Kier alpha value is -1.30. The molecule has 0 radical (unpaired) electrons. The van der Waals surface area contributed by atoms with Gasteiger partial charge in [-0.1, -0.05) is 11.6 Å². The van der Waals surface area contributed by atoms with E-state index in [2.05, 4.69) is 5.32 Å². The maximum atomic E-state index is 12.6. The number of carbonyl (C=O) groups is 2. The van der Waals surface area contributed by atoms with Gasteiger partial charge in [-0.25, -0.2) is 0 Å². The number of nitrogens with one attached hydrogen (secondary N) is 1. The quantitative estimate of drug-likeness (QED) is 0.817. The van der Waals surface area contributed by atoms with Gasteiger partial charge >= 0.3 is 0 Å². The molecule has 2 fully saturated rings. The lowest BCUT2D eigenvalue weighted by atomic mass is 9.96. The van der Waals surface area contributed by atoms with Gasteiger partial charge in [0, 0.05) is 36.3 Å². The topological polar surface area (TPSA) is 75.4 Å². The molecule has 1 aromatic rings. The van der Waals surface area contributed by atoms with Crippen LogP contribution in [0.3, 0.4) is 0 Å². The minimum Gasteiger partial charge on any atom is -0.354 e. The van der Waals surface area contributed by atoms with Crippen molar-refractivity contribution in [3.05, 3.63) is 34.9 Å². The molecular formula is C18H25Cl2N3O2. The number of nitrogens with zero attached hydrogens (tertiary/aromatic N) is 1. The van der Waals surface area contributed by atoms with Crippen molar-refractivity contribution >= 4 is 35.8 Å². The van der Waals surface area contributed by atoms with Crippen molar-refractivity contribution in [2.75, 3.05) is 19.6 Å². The van der Waals surface area contributed by atoms with Gasteiger partial charge in [0.05, 0.1) is 5.92 Å². The largest absolute Gasteiger partial charge is 0.354 e. The fourth-order valence-electron chi connectivity index (χ4n) is 3.20. The summed E-state index contributed by atoms with van der Waals surface area (Å²) in [5.74, 6) is 0.389. The smallest absolute Gasteiger partial charge is 0.253 e. The van der Waals surface area contributed by atoms with Crippen molar-refractivity contribution < 1.29 is 9.59 Å². The SMILES string of the molecule is Cl.NC(CNC(=O)C1CCCN(C(=O)c2ccc(Cl)cc2)C1)C1CC1. The minimum atomic E-state index is -0.151. The Labute approximate surface area is 159 Å². The van der Waals surface area contributed by atoms with Gasteiger partial charge in [0.15, 0.2) is 0 Å². The van der Waals surface area contributed by atoms with Crippen LogP contribution in [0.15, 0.2) is 24.3 Å². The monoisotopic (exact) mass is 385 g/mol. The molecule has 0 aromatic heterocycles. The van der Waals surface area contributed by atoms with Crippen molar-refractivity contribution in [1.82, 2.24) is 10.2 Å². The van der Waals surface area contributed by atoms with Gasteiger partial charge in [-0.05, 0) is 55.9 Å². The molecule has 0 bridgehead atoms. The van der Waals surface area contributed by atoms with E-state index >= 15 is 0 Å². The number of hydrogen-bond donors (Lipinski definition) is 2. The number of benzene rings is 1. The summed E-state index contributed by atoms with van der Waals surface area (Å²) in [4.78, 5) is 26.7. The van der Waals surface area contributed by atoms with Crippen LogP contribution in [0, 0.1) is 11.8 Å². The van der Waals surface area contributed by atoms with Crippen molar-refractivity contribution in [2.24, 2.45) is 17.6 Å². The molecule has 7 heteroatoms. The molecule has 1 aliphatic heterocycles. The fourth-order valence-corrected chi connectivity index (χ4v) is 3.33. The second-order valence-corrected chi connectivity index (χ2v) is 7.28. The molecule has 1 heterocycles. The highest BCUT2D eigenvalue weighted by Crippen LogP contribution is 2.31. The Kier molecular flexibility index (Phi) is 7.11. The van der Waals surface area contributed by atoms with Crippen molar-refractivity contribution in [1.29, 1.82) is 0 Å². The van der Waals surface area contributed by atoms with Gasteiger partial charge < -0.3 is 16.0 Å². The highest BCUT2D eigenvalue weighted by molar-refractivity contribution is 6.30. The van der Waals surface area contributed by atoms with Crippen LogP contribution in [0.25, 0.3) is 0 Å². The molecule has 1 aliphatic carbocycles. The summed E-state index contributed by atoms with van der Waals surface area (Å²) in [5, 5.41) is 3.57. The molecule has 2 amide bonds. The number of hydrogen-bond acceptors (Lipinski definition) is 3. The Morgan fingerprint density at radius 1 is 1.24 bits per heavy atom. The summed E-state index contributed by atoms with van der Waals surface area (Å²) in [6.07, 6.45) is 3.99. The number of halogens is 2. The minimum absolute atomic E-state index is 0. The molecule has 1 saturated heterocycles. The first-order chi connectivity index (χ1) is 11.5. The predicted octanol–water partition coefficient (Wildman–Crippen LogP) is 2.47. The number of nitrogens with two attached hydrogens (primary N) is 1. The van der Waals surface area contributed by atoms with E-state index in [1.165, 1.54) is 12.8 Å². The molecular weight excluding hydrogens is 361 g/mol. The van der Waals surface area contributed by atoms with E-state index < -0.39 is 0 Å². The van der Waals surface area contributed by atoms with Crippen LogP contribution in [-0.2, 0) is 4.79 Å². The summed E-state index contributed by atoms with van der Waals surface area (Å²) in [7, 11) is 0. The van der Waals surface area contributed by atoms with Crippen molar-refractivity contribution in [3.63, 3.8) is 0 Å². The average Bonchev–Trinajstić information content (AvgIpc) is 3.44. The van der Waals surface area contributed by atoms with Gasteiger partial charge in [-0.3, -0.25) is 9.59 Å². The van der Waals surface area contributed by atoms with E-state index in [9.17, 15) is 9.59 Å². The number of amides is 2. The molecule has 1 aromatic carbocycles. The second kappa shape index (κ2) is 8.88. The maximum absolute atomic E-state index is 12.6. The molecule has 2 unspecified atom stereocenters. The van der Waals surface area contributed by atoms with Crippen LogP contribution in [-0.4, -0.2) is 42.4 Å². The molecule has 2 aliphatic rings. The normalized spacial score (nSPS) is 21.2. The third-order valence-corrected chi connectivity index (χ3v) is 5.16. The average molecular weight is 386 g/mol. The fraction of sp³-hybridized carbons (Fsp3) is 0.556. The molecule has 0 spiro atoms. The standard InChI is InChI=1S/C18H24ClN3O2.ClH/c19-15-7-5-13(6-8-15)18(24)22-9-1-2-14(11-22)17(23)21-10-16(20)12-3-4-12;/h5-8,12,14,16H,1-4,9-11,20H2,(H,21,23);1H. The zero-order valence-electron chi connectivity index (χ0n) is 14.1. The van der Waals surface area contributed by atoms with Crippen LogP contribution in [0.5, 0.6) is 0 Å². The second-order valence-electron chi connectivity index (χ2n) is 6.84. The molecule has 5 nitrogen and oxygen atoms in total. The van der Waals surface area contributed by atoms with Crippen LogP contribution in [0.4, 0.5) is 0 Å². The number of carbonyl (C=O) groups excluding carboxylic acids is 2. The lowest BCUT2D eigenvalue weighted by Crippen LogP contribution is -2.47. The van der Waals surface area contributed by atoms with E-state index in [-0.39, 0.29) is 36.2 Å². The van der Waals surface area contributed by atoms with E-state index in [4.69, 9.17) is 17.3 Å². The van der Waals surface area contributed by atoms with Crippen LogP contribution in [0.2, 0.25) is 5.02 Å². The molecule has 3 rings (SSSR count). The molecule has 3 N–H and O–H groups in total. The lowest BCUT2D eigenvalue weighted by molar-refractivity contribution is -0.126. The summed E-state index contributed by atoms with van der Waals surface area (Å²) >= 11 is 5.87. The predicted molar refractivity (Wildman–Crippen MR) is 101 cm³/mol. The summed E-state index contributed by atoms with van der Waals surface area (Å²) in [6, 6.07) is 6.93. The highest BCUT2D eigenvalue weighted by atomic mass is 35.5. The molecule has 25 heavy (non-hydrogen) atoms. The number of rotatable bonds is 5. The Morgan fingerprint density at radius 2 is 1.92 bits per heavy atom. The van der Waals surface area contributed by atoms with Crippen LogP contribution < -0.4 is 11.1 Å². The Morgan fingerprint density at radius 3 is 2.56 bits per heavy atom. The third-order valence-electron chi connectivity index (χ3n) is 4.91. The van der Waals surface area contributed by atoms with E-state index in [0.29, 0.717) is 36.1 Å². The summed E-state index contributed by atoms with van der Waals surface area (Å²) in [5.41, 5.74) is 6.64. The molecule has 2 atom stereocenters. The first-order valence-electron chi connectivity index (χ1n) is 8.62. The van der Waals surface area contributed by atoms with Crippen LogP contribution in [0.1, 0.15) is 36.0 Å². The van der Waals surface area contributed by atoms with Gasteiger partial charge in [0.2, 0.25) is 5.91 Å². The van der Waals surface area contributed by atoms with E-state index in [0.717, 1.165) is 12.8 Å². The molecule has 1 saturated carbocycles. The van der Waals surface area contributed by atoms with Crippen molar-refractivity contribution in [2.45, 2.75) is 31.7 Å². The van der Waals surface area contributed by atoms with Gasteiger partial charge in [0.1, 0.15) is 0 Å². The maximum Gasteiger partial charge on any atom is 0.253 e. The first-order valence-corrected chi connectivity index (χ1v) is 9.00. The van der Waals surface area contributed by atoms with E-state index in [1.54, 1.807) is 29.2 Å². The third kappa shape index (κ3) is 5.33. The Balaban J connectivity index is 0.00000225. The highest BCUT2D eigenvalue weighted by Gasteiger charge is 2.31.